The number of nitrogens with one attached hydrogen (secondary N) is 1. The molecule has 1 aromatic heterocycles. The summed E-state index contributed by atoms with van der Waals surface area (Å²) in [7, 11) is 1.27. The van der Waals surface area contributed by atoms with Crippen LogP contribution < -0.4 is 11.1 Å². The summed E-state index contributed by atoms with van der Waals surface area (Å²) in [4.78, 5) is 56.6. The number of nitrogens with zero attached hydrogens (tertiary/aromatic N) is 2. The van der Waals surface area contributed by atoms with E-state index < -0.39 is 35.8 Å². The van der Waals surface area contributed by atoms with Gasteiger partial charge in [0.25, 0.3) is 5.89 Å². The first-order valence-corrected chi connectivity index (χ1v) is 11.4. The number of likely N-dealkylation sites (tertiary alicyclic amines) is 1. The Kier molecular flexibility index (Phi) is 7.71. The maximum Gasteiger partial charge on any atom is 0.337 e. The topological polar surface area (TPSA) is 145 Å². The Hall–Kier alpha value is -3.27. The van der Waals surface area contributed by atoms with E-state index in [-0.39, 0.29) is 34.8 Å². The number of esters is 1. The maximum atomic E-state index is 13.2. The van der Waals surface area contributed by atoms with Crippen molar-refractivity contribution in [3.05, 3.63) is 29.7 Å². The lowest BCUT2D eigenvalue weighted by Crippen LogP contribution is -2.55. The van der Waals surface area contributed by atoms with Crippen LogP contribution in [-0.2, 0) is 14.3 Å². The van der Waals surface area contributed by atoms with Crippen LogP contribution in [0.2, 0.25) is 0 Å². The summed E-state index contributed by atoms with van der Waals surface area (Å²) in [5.41, 5.74) is 6.95. The molecule has 34 heavy (non-hydrogen) atoms. The molecule has 10 nitrogen and oxygen atoms in total. The maximum absolute atomic E-state index is 13.2. The minimum Gasteiger partial charge on any atom is -0.465 e. The summed E-state index contributed by atoms with van der Waals surface area (Å²) in [5, 5.41) is 2.80. The van der Waals surface area contributed by atoms with Crippen LogP contribution in [-0.4, -0.2) is 65.2 Å². The fourth-order valence-corrected chi connectivity index (χ4v) is 3.97. The Morgan fingerprint density at radius 1 is 1.18 bits per heavy atom. The fraction of sp³-hybridized carbons (Fsp3) is 0.542. The second kappa shape index (κ2) is 10.3. The smallest absolute Gasteiger partial charge is 0.337 e. The van der Waals surface area contributed by atoms with Crippen molar-refractivity contribution < 1.29 is 28.3 Å². The Bertz CT molecular complexity index is 1090. The van der Waals surface area contributed by atoms with Crippen LogP contribution >= 0.6 is 0 Å². The third-order valence-electron chi connectivity index (χ3n) is 6.11. The summed E-state index contributed by atoms with van der Waals surface area (Å²) in [6, 6.07) is 2.26. The van der Waals surface area contributed by atoms with E-state index in [1.807, 2.05) is 13.8 Å². The number of methoxy groups -OCH3 is 1. The third kappa shape index (κ3) is 5.11. The summed E-state index contributed by atoms with van der Waals surface area (Å²) in [6.45, 7) is 7.76. The third-order valence-corrected chi connectivity index (χ3v) is 6.11. The van der Waals surface area contributed by atoms with Gasteiger partial charge in [0.15, 0.2) is 5.58 Å². The van der Waals surface area contributed by atoms with Gasteiger partial charge >= 0.3 is 5.97 Å². The molecular formula is C24H32N4O6. The highest BCUT2D eigenvalue weighted by molar-refractivity contribution is 6.02. The molecule has 2 aromatic rings. The standard InChI is InChI=1S/C24H32N4O6/c1-12(2)18(25)23(31)28-10-6-7-16(28)21(30)27-19(13(3)4)20(29)22-26-15-9-8-14(24(32)33-5)11-17(15)34-22/h8-9,11-13,16,18-19H,6-7,10,25H2,1-5H3,(H,27,30)/t16-,18?,19?/m0/s1. The van der Waals surface area contributed by atoms with Gasteiger partial charge in [-0.25, -0.2) is 9.78 Å². The minimum absolute atomic E-state index is 0.0549. The molecule has 3 N–H and O–H groups in total. The number of oxazole rings is 1. The van der Waals surface area contributed by atoms with Crippen molar-refractivity contribution in [3.63, 3.8) is 0 Å². The molecule has 1 fully saturated rings. The zero-order chi connectivity index (χ0) is 25.2. The monoisotopic (exact) mass is 472 g/mol. The highest BCUT2D eigenvalue weighted by Crippen LogP contribution is 2.23. The molecule has 3 atom stereocenters. The molecule has 0 saturated carbocycles. The van der Waals surface area contributed by atoms with Crippen molar-refractivity contribution in [1.29, 1.82) is 0 Å². The molecule has 10 heteroatoms. The van der Waals surface area contributed by atoms with Crippen molar-refractivity contribution >= 4 is 34.7 Å². The molecule has 1 aliphatic rings. The van der Waals surface area contributed by atoms with E-state index in [4.69, 9.17) is 14.9 Å². The van der Waals surface area contributed by atoms with E-state index >= 15 is 0 Å². The molecule has 0 aliphatic carbocycles. The molecule has 0 bridgehead atoms. The summed E-state index contributed by atoms with van der Waals surface area (Å²) in [5.74, 6) is -2.18. The van der Waals surface area contributed by atoms with Crippen LogP contribution in [0.15, 0.2) is 22.6 Å². The molecule has 2 amide bonds. The van der Waals surface area contributed by atoms with Crippen LogP contribution in [0, 0.1) is 11.8 Å². The number of benzene rings is 1. The predicted octanol–water partition coefficient (Wildman–Crippen LogP) is 1.91. The average Bonchev–Trinajstić information content (AvgIpc) is 3.46. The van der Waals surface area contributed by atoms with Crippen molar-refractivity contribution in [1.82, 2.24) is 15.2 Å². The molecule has 1 saturated heterocycles. The van der Waals surface area contributed by atoms with Crippen LogP contribution in [0.3, 0.4) is 0 Å². The largest absolute Gasteiger partial charge is 0.465 e. The summed E-state index contributed by atoms with van der Waals surface area (Å²) in [6.07, 6.45) is 1.18. The second-order valence-corrected chi connectivity index (χ2v) is 9.25. The summed E-state index contributed by atoms with van der Waals surface area (Å²) < 4.78 is 10.3. The predicted molar refractivity (Wildman–Crippen MR) is 124 cm³/mol. The highest BCUT2D eigenvalue weighted by atomic mass is 16.5. The van der Waals surface area contributed by atoms with Crippen LogP contribution in [0.25, 0.3) is 11.1 Å². The Balaban J connectivity index is 1.79. The zero-order valence-electron chi connectivity index (χ0n) is 20.2. The first-order chi connectivity index (χ1) is 16.0. The second-order valence-electron chi connectivity index (χ2n) is 9.25. The number of nitrogens with two attached hydrogens (primary N) is 1. The van der Waals surface area contributed by atoms with Gasteiger partial charge < -0.3 is 25.1 Å². The van der Waals surface area contributed by atoms with Gasteiger partial charge in [-0.2, -0.15) is 0 Å². The lowest BCUT2D eigenvalue weighted by atomic mass is 9.98. The number of ketones is 1. The number of carbonyl (C=O) groups excluding carboxylic acids is 4. The van der Waals surface area contributed by atoms with Crippen LogP contribution in [0.5, 0.6) is 0 Å². The lowest BCUT2D eigenvalue weighted by Gasteiger charge is -2.29. The normalized spacial score (nSPS) is 17.8. The van der Waals surface area contributed by atoms with E-state index in [9.17, 15) is 19.2 Å². The Morgan fingerprint density at radius 2 is 1.88 bits per heavy atom. The summed E-state index contributed by atoms with van der Waals surface area (Å²) >= 11 is 0. The van der Waals surface area contributed by atoms with Gasteiger partial charge in [0.2, 0.25) is 17.6 Å². The van der Waals surface area contributed by atoms with Gasteiger partial charge in [-0.05, 0) is 42.9 Å². The molecule has 184 valence electrons. The molecular weight excluding hydrogens is 440 g/mol. The van der Waals surface area contributed by atoms with Gasteiger partial charge in [-0.1, -0.05) is 27.7 Å². The number of aromatic nitrogens is 1. The van der Waals surface area contributed by atoms with E-state index in [2.05, 4.69) is 10.3 Å². The molecule has 3 rings (SSSR count). The molecule has 2 heterocycles. The molecule has 0 radical (unpaired) electrons. The number of fused-ring (bicyclic) bond motifs is 1. The number of rotatable bonds is 8. The van der Waals surface area contributed by atoms with Gasteiger partial charge in [-0.15, -0.1) is 0 Å². The number of amides is 2. The van der Waals surface area contributed by atoms with Crippen molar-refractivity contribution in [2.24, 2.45) is 17.6 Å². The molecule has 0 spiro atoms. The Morgan fingerprint density at radius 3 is 2.50 bits per heavy atom. The van der Waals surface area contributed by atoms with Crippen LogP contribution in [0.4, 0.5) is 0 Å². The first kappa shape index (κ1) is 25.4. The molecule has 2 unspecified atom stereocenters. The number of ether oxygens (including phenoxy) is 1. The minimum atomic E-state index is -0.906. The van der Waals surface area contributed by atoms with Crippen molar-refractivity contribution in [2.45, 2.75) is 58.7 Å². The molecule has 1 aliphatic heterocycles. The van der Waals surface area contributed by atoms with E-state index in [0.29, 0.717) is 24.9 Å². The highest BCUT2D eigenvalue weighted by Gasteiger charge is 2.39. The van der Waals surface area contributed by atoms with Crippen LogP contribution in [0.1, 0.15) is 61.6 Å². The van der Waals surface area contributed by atoms with Gasteiger partial charge in [0.1, 0.15) is 11.6 Å². The van der Waals surface area contributed by atoms with Gasteiger partial charge in [0, 0.05) is 6.54 Å². The number of carbonyl (C=O) groups is 4. The van der Waals surface area contributed by atoms with Crippen molar-refractivity contribution in [2.75, 3.05) is 13.7 Å². The Labute approximate surface area is 198 Å². The average molecular weight is 473 g/mol. The first-order valence-electron chi connectivity index (χ1n) is 11.4. The van der Waals surface area contributed by atoms with Gasteiger partial charge in [-0.3, -0.25) is 14.4 Å². The number of hydrogen-bond donors (Lipinski definition) is 2. The SMILES string of the molecule is COC(=O)c1ccc2nc(C(=O)C(NC(=O)[C@@H]3CCCN3C(=O)C(N)C(C)C)C(C)C)oc2c1. The van der Waals surface area contributed by atoms with Crippen molar-refractivity contribution in [3.8, 4) is 0 Å². The van der Waals surface area contributed by atoms with E-state index in [1.54, 1.807) is 19.9 Å². The zero-order valence-corrected chi connectivity index (χ0v) is 20.2. The van der Waals surface area contributed by atoms with Gasteiger partial charge in [0.05, 0.1) is 24.8 Å². The number of hydrogen-bond acceptors (Lipinski definition) is 8. The quantitative estimate of drug-likeness (QED) is 0.438. The van der Waals surface area contributed by atoms with E-state index in [0.717, 1.165) is 0 Å². The molecule has 1 aromatic carbocycles. The number of Topliss-reactive ketones (excluding diaryl/α,β-unsaturated/α-hetero) is 1. The van der Waals surface area contributed by atoms with E-state index in [1.165, 1.54) is 24.1 Å². The fourth-order valence-electron chi connectivity index (χ4n) is 3.97. The lowest BCUT2D eigenvalue weighted by molar-refractivity contribution is -0.140.